The van der Waals surface area contributed by atoms with Gasteiger partial charge in [-0.2, -0.15) is 0 Å². The maximum absolute atomic E-state index is 12.3. The van der Waals surface area contributed by atoms with Gasteiger partial charge in [-0.25, -0.2) is 0 Å². The Bertz CT molecular complexity index is 481. The smallest absolute Gasteiger partial charge is 0.234 e. The molecular weight excluding hydrogens is 244 g/mol. The van der Waals surface area contributed by atoms with E-state index in [1.165, 1.54) is 0 Å². The number of nitrogens with zero attached hydrogens (tertiary/aromatic N) is 2. The molecule has 102 valence electrons. The SMILES string of the molecule is CC1CC(C(=O)NCc2ccncc2)(/C(N)=N/O)C1. The highest BCUT2D eigenvalue weighted by Gasteiger charge is 2.52. The molecule has 1 aromatic heterocycles. The molecule has 6 nitrogen and oxygen atoms in total. The van der Waals surface area contributed by atoms with Crippen molar-refractivity contribution in [1.82, 2.24) is 10.3 Å². The predicted molar refractivity (Wildman–Crippen MR) is 70.3 cm³/mol. The van der Waals surface area contributed by atoms with Gasteiger partial charge in [0.1, 0.15) is 5.41 Å². The van der Waals surface area contributed by atoms with E-state index >= 15 is 0 Å². The Labute approximate surface area is 111 Å². The van der Waals surface area contributed by atoms with Crippen molar-refractivity contribution < 1.29 is 10.0 Å². The molecule has 0 radical (unpaired) electrons. The maximum Gasteiger partial charge on any atom is 0.234 e. The number of aromatic nitrogens is 1. The van der Waals surface area contributed by atoms with Crippen LogP contribution >= 0.6 is 0 Å². The van der Waals surface area contributed by atoms with Crippen molar-refractivity contribution >= 4 is 11.7 Å². The summed E-state index contributed by atoms with van der Waals surface area (Å²) in [5.41, 5.74) is 5.79. The zero-order valence-electron chi connectivity index (χ0n) is 10.8. The summed E-state index contributed by atoms with van der Waals surface area (Å²) in [7, 11) is 0. The van der Waals surface area contributed by atoms with Gasteiger partial charge < -0.3 is 16.3 Å². The lowest BCUT2D eigenvalue weighted by atomic mass is 9.61. The second kappa shape index (κ2) is 5.26. The monoisotopic (exact) mass is 262 g/mol. The number of nitrogens with one attached hydrogen (secondary N) is 1. The van der Waals surface area contributed by atoms with E-state index in [1.807, 2.05) is 19.1 Å². The first-order valence-corrected chi connectivity index (χ1v) is 6.23. The molecule has 0 aromatic carbocycles. The number of rotatable bonds is 4. The van der Waals surface area contributed by atoms with Crippen LogP contribution in [0.5, 0.6) is 0 Å². The standard InChI is InChI=1S/C13H18N4O2/c1-9-6-13(7-9,11(14)17-19)12(18)16-8-10-2-4-15-5-3-10/h2-5,9,19H,6-8H2,1H3,(H2,14,17)(H,16,18). The van der Waals surface area contributed by atoms with Gasteiger partial charge in [-0.15, -0.1) is 0 Å². The molecule has 1 fully saturated rings. The van der Waals surface area contributed by atoms with Gasteiger partial charge in [0.2, 0.25) is 5.91 Å². The molecule has 0 bridgehead atoms. The highest BCUT2D eigenvalue weighted by molar-refractivity contribution is 6.07. The molecule has 6 heteroatoms. The Morgan fingerprint density at radius 1 is 1.58 bits per heavy atom. The van der Waals surface area contributed by atoms with Gasteiger partial charge in [0, 0.05) is 18.9 Å². The Hall–Kier alpha value is -2.11. The first-order chi connectivity index (χ1) is 9.08. The minimum absolute atomic E-state index is 0.00201. The summed E-state index contributed by atoms with van der Waals surface area (Å²) in [6.07, 6.45) is 4.58. The molecule has 0 aliphatic heterocycles. The van der Waals surface area contributed by atoms with E-state index in [2.05, 4.69) is 15.5 Å². The van der Waals surface area contributed by atoms with Crippen LogP contribution in [-0.4, -0.2) is 21.9 Å². The van der Waals surface area contributed by atoms with Gasteiger partial charge >= 0.3 is 0 Å². The number of amidine groups is 1. The summed E-state index contributed by atoms with van der Waals surface area (Å²) in [6, 6.07) is 3.67. The van der Waals surface area contributed by atoms with Gasteiger partial charge in [0.05, 0.1) is 0 Å². The van der Waals surface area contributed by atoms with Crippen molar-refractivity contribution in [2.24, 2.45) is 22.2 Å². The molecule has 0 spiro atoms. The molecule has 1 aliphatic rings. The fourth-order valence-electron chi connectivity index (χ4n) is 2.59. The lowest BCUT2D eigenvalue weighted by molar-refractivity contribution is -0.133. The molecule has 1 heterocycles. The zero-order valence-corrected chi connectivity index (χ0v) is 10.8. The third kappa shape index (κ3) is 2.52. The minimum Gasteiger partial charge on any atom is -0.409 e. The lowest BCUT2D eigenvalue weighted by Crippen LogP contribution is -2.56. The van der Waals surface area contributed by atoms with Crippen molar-refractivity contribution in [3.8, 4) is 0 Å². The second-order valence-corrected chi connectivity index (χ2v) is 5.12. The van der Waals surface area contributed by atoms with E-state index in [9.17, 15) is 4.79 Å². The molecule has 1 aromatic rings. The molecule has 1 saturated carbocycles. The molecule has 0 atom stereocenters. The van der Waals surface area contributed by atoms with Gasteiger partial charge in [-0.05, 0) is 36.5 Å². The Morgan fingerprint density at radius 3 is 2.74 bits per heavy atom. The summed E-state index contributed by atoms with van der Waals surface area (Å²) >= 11 is 0. The zero-order chi connectivity index (χ0) is 13.9. The Balaban J connectivity index is 2.02. The average Bonchev–Trinajstić information content (AvgIpc) is 2.41. The summed E-state index contributed by atoms with van der Waals surface area (Å²) in [5.74, 6) is 0.225. The van der Waals surface area contributed by atoms with Crippen LogP contribution in [0.4, 0.5) is 0 Å². The van der Waals surface area contributed by atoms with Crippen LogP contribution in [0.15, 0.2) is 29.7 Å². The van der Waals surface area contributed by atoms with Gasteiger partial charge in [0.25, 0.3) is 0 Å². The molecule has 0 saturated heterocycles. The van der Waals surface area contributed by atoms with E-state index in [4.69, 9.17) is 10.9 Å². The molecule has 2 rings (SSSR count). The van der Waals surface area contributed by atoms with Crippen LogP contribution in [0.2, 0.25) is 0 Å². The Kier molecular flexibility index (Phi) is 3.69. The van der Waals surface area contributed by atoms with Crippen LogP contribution < -0.4 is 11.1 Å². The molecule has 0 unspecified atom stereocenters. The van der Waals surface area contributed by atoms with Crippen molar-refractivity contribution in [3.63, 3.8) is 0 Å². The summed E-state index contributed by atoms with van der Waals surface area (Å²) in [5, 5.41) is 14.7. The average molecular weight is 262 g/mol. The number of hydrogen-bond acceptors (Lipinski definition) is 4. The summed E-state index contributed by atoms with van der Waals surface area (Å²) in [4.78, 5) is 16.2. The fraction of sp³-hybridized carbons (Fsp3) is 0.462. The topological polar surface area (TPSA) is 101 Å². The summed E-state index contributed by atoms with van der Waals surface area (Å²) < 4.78 is 0. The van der Waals surface area contributed by atoms with Crippen LogP contribution in [0.1, 0.15) is 25.3 Å². The molecule has 1 aliphatic carbocycles. The minimum atomic E-state index is -0.846. The van der Waals surface area contributed by atoms with Gasteiger partial charge in [-0.3, -0.25) is 9.78 Å². The van der Waals surface area contributed by atoms with Crippen LogP contribution in [0.3, 0.4) is 0 Å². The van der Waals surface area contributed by atoms with Crippen LogP contribution in [0.25, 0.3) is 0 Å². The van der Waals surface area contributed by atoms with Gasteiger partial charge in [0.15, 0.2) is 5.84 Å². The number of carbonyl (C=O) groups excluding carboxylic acids is 1. The fourth-order valence-corrected chi connectivity index (χ4v) is 2.59. The third-order valence-corrected chi connectivity index (χ3v) is 3.63. The highest BCUT2D eigenvalue weighted by Crippen LogP contribution is 2.45. The van der Waals surface area contributed by atoms with Crippen LogP contribution in [0, 0.1) is 11.3 Å². The molecular formula is C13H18N4O2. The van der Waals surface area contributed by atoms with Crippen molar-refractivity contribution in [2.45, 2.75) is 26.3 Å². The number of hydrogen-bond donors (Lipinski definition) is 3. The number of amides is 1. The van der Waals surface area contributed by atoms with Crippen molar-refractivity contribution in [2.75, 3.05) is 0 Å². The van der Waals surface area contributed by atoms with Crippen molar-refractivity contribution in [1.29, 1.82) is 0 Å². The van der Waals surface area contributed by atoms with E-state index in [-0.39, 0.29) is 11.7 Å². The number of nitrogens with two attached hydrogens (primary N) is 1. The molecule has 19 heavy (non-hydrogen) atoms. The normalized spacial score (nSPS) is 26.6. The third-order valence-electron chi connectivity index (χ3n) is 3.63. The maximum atomic E-state index is 12.3. The van der Waals surface area contributed by atoms with E-state index in [0.717, 1.165) is 5.56 Å². The summed E-state index contributed by atoms with van der Waals surface area (Å²) in [6.45, 7) is 2.45. The van der Waals surface area contributed by atoms with Crippen molar-refractivity contribution in [3.05, 3.63) is 30.1 Å². The lowest BCUT2D eigenvalue weighted by Gasteiger charge is -2.43. The largest absolute Gasteiger partial charge is 0.409 e. The molecule has 1 amide bonds. The predicted octanol–water partition coefficient (Wildman–Crippen LogP) is 0.860. The first kappa shape index (κ1) is 13.3. The first-order valence-electron chi connectivity index (χ1n) is 6.23. The molecule has 4 N–H and O–H groups in total. The van der Waals surface area contributed by atoms with E-state index in [0.29, 0.717) is 25.3 Å². The second-order valence-electron chi connectivity index (χ2n) is 5.12. The highest BCUT2D eigenvalue weighted by atomic mass is 16.4. The Morgan fingerprint density at radius 2 is 2.21 bits per heavy atom. The van der Waals surface area contributed by atoms with E-state index < -0.39 is 5.41 Å². The van der Waals surface area contributed by atoms with Gasteiger partial charge in [-0.1, -0.05) is 12.1 Å². The quantitative estimate of drug-likeness (QED) is 0.324. The van der Waals surface area contributed by atoms with Crippen LogP contribution in [-0.2, 0) is 11.3 Å². The number of pyridine rings is 1. The number of oxime groups is 1. The van der Waals surface area contributed by atoms with E-state index in [1.54, 1.807) is 12.4 Å². The number of carbonyl (C=O) groups is 1.